The second-order valence-corrected chi connectivity index (χ2v) is 16.4. The molecule has 2 atom stereocenters. The number of aryl methyl sites for hydroxylation is 2. The molecule has 0 spiro atoms. The highest BCUT2D eigenvalue weighted by atomic mass is 19.1. The predicted molar refractivity (Wildman–Crippen MR) is 233 cm³/mol. The summed E-state index contributed by atoms with van der Waals surface area (Å²) in [6.07, 6.45) is 6.76. The maximum Gasteiger partial charge on any atom is 0.314 e. The van der Waals surface area contributed by atoms with Crippen LogP contribution in [0.2, 0.25) is 0 Å². The first-order valence-electron chi connectivity index (χ1n) is 21.9. The average molecular weight is 855 g/mol. The quantitative estimate of drug-likeness (QED) is 0.0508. The van der Waals surface area contributed by atoms with E-state index < -0.39 is 23.7 Å². The maximum absolute atomic E-state index is 14.5. The topological polar surface area (TPSA) is 178 Å². The number of nitrogens with zero attached hydrogens (tertiary/aromatic N) is 4. The Balaban J connectivity index is 0.816. The van der Waals surface area contributed by atoms with E-state index in [0.29, 0.717) is 68.5 Å². The molecule has 9 rings (SSSR count). The summed E-state index contributed by atoms with van der Waals surface area (Å²) in [7, 11) is 0. The highest BCUT2D eigenvalue weighted by Gasteiger charge is 2.26. The highest BCUT2D eigenvalue weighted by molar-refractivity contribution is 5.86. The minimum atomic E-state index is -0.713. The first-order chi connectivity index (χ1) is 30.9. The molecular weight excluding hydrogens is 804 g/mol. The number of fused-ring (bicyclic) bond motifs is 3. The van der Waals surface area contributed by atoms with Crippen LogP contribution in [0.4, 0.5) is 16.0 Å². The van der Waals surface area contributed by atoms with Gasteiger partial charge in [0.15, 0.2) is 0 Å². The first-order valence-corrected chi connectivity index (χ1v) is 21.9. The molecule has 326 valence electrons. The number of hydrogen-bond donors (Lipinski definition) is 4. The Bertz CT molecular complexity index is 2560. The standard InChI is InChI=1S/C48H51FN8O6/c49-37-7-1-4-33(22-37)35(23-40-28-43(56-54-40)61-20-15-38-12-10-31-5-2-17-50-47(31)52-38)26-45(58)63-46(59)27-36(34-9-8-30-14-19-60-42(30)25-34)24-41-29-44(57-55-41)62-21-16-39-13-11-32-6-3-18-51-48(32)53-39/h1,4,7-13,22,25,28-29,35-36H,2-3,5-6,14-21,23-24,26-27H2,(H,50,52)(H,51,53)(H,54,56)(H,55,57). The van der Waals surface area contributed by atoms with Crippen LogP contribution in [0.15, 0.2) is 78.9 Å². The van der Waals surface area contributed by atoms with Gasteiger partial charge in [0.05, 0.1) is 32.7 Å². The first kappa shape index (κ1) is 41.6. The molecule has 0 amide bonds. The molecule has 0 saturated carbocycles. The summed E-state index contributed by atoms with van der Waals surface area (Å²) in [5.74, 6) is 0.810. The summed E-state index contributed by atoms with van der Waals surface area (Å²) in [5, 5.41) is 21.5. The molecule has 0 aliphatic carbocycles. The van der Waals surface area contributed by atoms with Crippen molar-refractivity contribution < 1.29 is 32.9 Å². The molecule has 6 aromatic rings. The molecule has 3 aliphatic rings. The SMILES string of the molecule is O=C(CC(Cc1cc(OCCc2ccc3c(n2)NCCC3)n[nH]1)c1cccc(F)c1)OC(=O)CC(Cc1cc(OCCc2ccc3c(n2)NCCC3)n[nH]1)c1ccc2c(c1)OCC2. The lowest BCUT2D eigenvalue weighted by Crippen LogP contribution is -2.19. The fourth-order valence-electron chi connectivity index (χ4n) is 8.53. The molecule has 0 bridgehead atoms. The number of aromatic amines is 2. The largest absolute Gasteiger partial charge is 0.493 e. The molecule has 7 heterocycles. The van der Waals surface area contributed by atoms with E-state index in [4.69, 9.17) is 28.9 Å². The van der Waals surface area contributed by atoms with E-state index in [-0.39, 0.29) is 18.8 Å². The second-order valence-electron chi connectivity index (χ2n) is 16.4. The molecule has 63 heavy (non-hydrogen) atoms. The van der Waals surface area contributed by atoms with Crippen molar-refractivity contribution in [2.24, 2.45) is 0 Å². The van der Waals surface area contributed by atoms with Crippen molar-refractivity contribution in [3.8, 4) is 17.5 Å². The Morgan fingerprint density at radius 1 is 0.667 bits per heavy atom. The molecule has 3 aliphatic heterocycles. The van der Waals surface area contributed by atoms with E-state index in [0.717, 1.165) is 90.8 Å². The van der Waals surface area contributed by atoms with E-state index in [1.165, 1.54) is 23.3 Å². The van der Waals surface area contributed by atoms with Gasteiger partial charge in [0, 0.05) is 67.3 Å². The van der Waals surface area contributed by atoms with Crippen molar-refractivity contribution in [1.82, 2.24) is 30.4 Å². The maximum atomic E-state index is 14.5. The van der Waals surface area contributed by atoms with E-state index >= 15 is 0 Å². The lowest BCUT2D eigenvalue weighted by molar-refractivity contribution is -0.160. The van der Waals surface area contributed by atoms with Gasteiger partial charge in [-0.3, -0.25) is 19.8 Å². The summed E-state index contributed by atoms with van der Waals surface area (Å²) in [6.45, 7) is 3.22. The third-order valence-electron chi connectivity index (χ3n) is 11.8. The van der Waals surface area contributed by atoms with Crippen LogP contribution in [-0.4, -0.2) is 75.2 Å². The molecule has 4 N–H and O–H groups in total. The van der Waals surface area contributed by atoms with Gasteiger partial charge in [-0.2, -0.15) is 0 Å². The van der Waals surface area contributed by atoms with Crippen LogP contribution in [0.5, 0.6) is 17.5 Å². The zero-order valence-electron chi connectivity index (χ0n) is 35.1. The number of carbonyl (C=O) groups excluding carboxylic acids is 2. The number of aromatic nitrogens is 6. The van der Waals surface area contributed by atoms with Crippen LogP contribution < -0.4 is 24.8 Å². The van der Waals surface area contributed by atoms with Crippen LogP contribution in [-0.2, 0) is 59.3 Å². The van der Waals surface area contributed by atoms with Gasteiger partial charge in [0.2, 0.25) is 11.8 Å². The number of halogens is 1. The molecule has 4 aromatic heterocycles. The van der Waals surface area contributed by atoms with Crippen LogP contribution in [0.3, 0.4) is 0 Å². The highest BCUT2D eigenvalue weighted by Crippen LogP contribution is 2.34. The number of pyridine rings is 2. The van der Waals surface area contributed by atoms with Crippen LogP contribution in [0, 0.1) is 5.82 Å². The normalized spacial score (nSPS) is 14.8. The number of anilines is 2. The Hall–Kier alpha value is -6.77. The number of ether oxygens (including phenoxy) is 4. The molecule has 2 aromatic carbocycles. The Labute approximate surface area is 364 Å². The van der Waals surface area contributed by atoms with Crippen molar-refractivity contribution in [3.05, 3.63) is 135 Å². The predicted octanol–water partition coefficient (Wildman–Crippen LogP) is 7.16. The molecule has 14 nitrogen and oxygen atoms in total. The van der Waals surface area contributed by atoms with Gasteiger partial charge < -0.3 is 29.6 Å². The van der Waals surface area contributed by atoms with Crippen molar-refractivity contribution in [3.63, 3.8) is 0 Å². The number of esters is 2. The number of rotatable bonds is 18. The smallest absolute Gasteiger partial charge is 0.314 e. The fourth-order valence-corrected chi connectivity index (χ4v) is 8.53. The Morgan fingerprint density at radius 3 is 1.83 bits per heavy atom. The molecular formula is C48H51FN8O6. The second kappa shape index (κ2) is 19.5. The number of H-pyrrole nitrogens is 2. The van der Waals surface area contributed by atoms with Gasteiger partial charge in [0.1, 0.15) is 23.2 Å². The summed E-state index contributed by atoms with van der Waals surface area (Å²) < 4.78 is 37.8. The average Bonchev–Trinajstić information content (AvgIpc) is 4.07. The van der Waals surface area contributed by atoms with Crippen molar-refractivity contribution in [2.75, 3.05) is 43.5 Å². The number of benzene rings is 2. The third kappa shape index (κ3) is 10.8. The van der Waals surface area contributed by atoms with E-state index in [1.54, 1.807) is 18.2 Å². The van der Waals surface area contributed by atoms with Gasteiger partial charge in [-0.15, -0.1) is 10.2 Å². The third-order valence-corrected chi connectivity index (χ3v) is 11.8. The summed E-state index contributed by atoms with van der Waals surface area (Å²) in [6, 6.07) is 24.0. The molecule has 0 fully saturated rings. The minimum absolute atomic E-state index is 0.0822. The van der Waals surface area contributed by atoms with Crippen molar-refractivity contribution in [2.45, 2.75) is 82.5 Å². The molecule has 15 heteroatoms. The van der Waals surface area contributed by atoms with Gasteiger partial charge in [-0.1, -0.05) is 36.4 Å². The fraction of sp³-hybridized carbons (Fsp3) is 0.375. The zero-order valence-corrected chi connectivity index (χ0v) is 35.1. The van der Waals surface area contributed by atoms with Crippen molar-refractivity contribution >= 4 is 23.6 Å². The molecule has 0 saturated heterocycles. The Morgan fingerprint density at radius 2 is 1.24 bits per heavy atom. The van der Waals surface area contributed by atoms with Crippen LogP contribution in [0.1, 0.15) is 88.1 Å². The number of nitrogens with one attached hydrogen (secondary N) is 4. The summed E-state index contributed by atoms with van der Waals surface area (Å²) in [4.78, 5) is 36.6. The zero-order chi connectivity index (χ0) is 43.0. The van der Waals surface area contributed by atoms with Gasteiger partial charge >= 0.3 is 11.9 Å². The van der Waals surface area contributed by atoms with Crippen LogP contribution >= 0.6 is 0 Å². The van der Waals surface area contributed by atoms with Gasteiger partial charge in [-0.25, -0.2) is 14.4 Å². The minimum Gasteiger partial charge on any atom is -0.493 e. The molecule has 2 unspecified atom stereocenters. The monoisotopic (exact) mass is 854 g/mol. The van der Waals surface area contributed by atoms with E-state index in [1.807, 2.05) is 36.4 Å². The number of hydrogen-bond acceptors (Lipinski definition) is 12. The summed E-state index contributed by atoms with van der Waals surface area (Å²) >= 11 is 0. The van der Waals surface area contributed by atoms with Gasteiger partial charge in [-0.05, 0) is 109 Å². The van der Waals surface area contributed by atoms with E-state index in [9.17, 15) is 14.0 Å². The van der Waals surface area contributed by atoms with Crippen LogP contribution in [0.25, 0.3) is 0 Å². The van der Waals surface area contributed by atoms with E-state index in [2.05, 4.69) is 43.2 Å². The lowest BCUT2D eigenvalue weighted by Gasteiger charge is -2.18. The number of carbonyl (C=O) groups is 2. The summed E-state index contributed by atoms with van der Waals surface area (Å²) in [5.41, 5.74) is 8.35. The Kier molecular flexibility index (Phi) is 12.9. The van der Waals surface area contributed by atoms with Gasteiger partial charge in [0.25, 0.3) is 0 Å². The van der Waals surface area contributed by atoms with Crippen molar-refractivity contribution in [1.29, 1.82) is 0 Å². The molecule has 0 radical (unpaired) electrons. The lowest BCUT2D eigenvalue weighted by atomic mass is 9.90.